The van der Waals surface area contributed by atoms with Crippen LogP contribution in [-0.4, -0.2) is 36.3 Å². The number of hydrogen-bond acceptors (Lipinski definition) is 2. The molecule has 4 heteroatoms. The Bertz CT molecular complexity index is 827. The van der Waals surface area contributed by atoms with Gasteiger partial charge in [-0.1, -0.05) is 67.9 Å². The van der Waals surface area contributed by atoms with Crippen LogP contribution in [0.1, 0.15) is 31.4 Å². The van der Waals surface area contributed by atoms with E-state index in [0.717, 1.165) is 16.7 Å². The van der Waals surface area contributed by atoms with Crippen molar-refractivity contribution in [1.29, 1.82) is 0 Å². The number of aryl methyl sites for hydroxylation is 1. The lowest BCUT2D eigenvalue weighted by Gasteiger charge is -2.24. The van der Waals surface area contributed by atoms with Gasteiger partial charge in [0, 0.05) is 26.1 Å². The summed E-state index contributed by atoms with van der Waals surface area (Å²) in [7, 11) is 0. The van der Waals surface area contributed by atoms with E-state index in [2.05, 4.69) is 62.5 Å². The van der Waals surface area contributed by atoms with Crippen LogP contribution in [0.3, 0.4) is 0 Å². The number of hydrogen-bond donors (Lipinski definition) is 1. The van der Waals surface area contributed by atoms with Gasteiger partial charge in [-0.05, 0) is 36.0 Å². The Kier molecular flexibility index (Phi) is 6.50. The predicted molar refractivity (Wildman–Crippen MR) is 113 cm³/mol. The van der Waals surface area contributed by atoms with Crippen molar-refractivity contribution in [3.63, 3.8) is 0 Å². The third-order valence-corrected chi connectivity index (χ3v) is 5.27. The van der Waals surface area contributed by atoms with Crippen LogP contribution in [0.25, 0.3) is 11.1 Å². The molecule has 0 radical (unpaired) electrons. The molecule has 2 amide bonds. The lowest BCUT2D eigenvalue weighted by atomic mass is 9.91. The van der Waals surface area contributed by atoms with E-state index in [4.69, 9.17) is 0 Å². The molecule has 0 spiro atoms. The van der Waals surface area contributed by atoms with E-state index in [1.165, 1.54) is 5.56 Å². The minimum absolute atomic E-state index is 0.0403. The normalized spacial score (nSPS) is 17.4. The monoisotopic (exact) mass is 378 g/mol. The summed E-state index contributed by atoms with van der Waals surface area (Å²) in [5, 5.41) is 2.99. The second-order valence-corrected chi connectivity index (χ2v) is 8.15. The van der Waals surface area contributed by atoms with Crippen LogP contribution < -0.4 is 5.32 Å². The summed E-state index contributed by atoms with van der Waals surface area (Å²) >= 11 is 0. The smallest absolute Gasteiger partial charge is 0.225 e. The van der Waals surface area contributed by atoms with Gasteiger partial charge in [-0.15, -0.1) is 0 Å². The molecule has 0 bridgehead atoms. The van der Waals surface area contributed by atoms with E-state index < -0.39 is 0 Å². The summed E-state index contributed by atoms with van der Waals surface area (Å²) in [6.07, 6.45) is 1.15. The first-order valence-electron chi connectivity index (χ1n) is 10.1. The first kappa shape index (κ1) is 20.1. The fourth-order valence-electron chi connectivity index (χ4n) is 3.74. The zero-order valence-corrected chi connectivity index (χ0v) is 17.1. The zero-order chi connectivity index (χ0) is 20.1. The average molecular weight is 379 g/mol. The standard InChI is InChI=1S/C24H30N2O2/c1-17(2)14-23(27)26-13-12-25-24(28)21(16-26)15-20-6-4-5-7-22(20)19-10-8-18(3)9-11-19/h4-11,17,21H,12-16H2,1-3H3,(H,25,28). The van der Waals surface area contributed by atoms with Crippen molar-refractivity contribution in [3.05, 3.63) is 59.7 Å². The van der Waals surface area contributed by atoms with Crippen molar-refractivity contribution in [2.75, 3.05) is 19.6 Å². The third-order valence-electron chi connectivity index (χ3n) is 5.27. The lowest BCUT2D eigenvalue weighted by molar-refractivity contribution is -0.132. The largest absolute Gasteiger partial charge is 0.354 e. The summed E-state index contributed by atoms with van der Waals surface area (Å²) in [6, 6.07) is 16.7. The number of rotatable bonds is 5. The summed E-state index contributed by atoms with van der Waals surface area (Å²) in [5.74, 6) is 0.271. The first-order valence-corrected chi connectivity index (χ1v) is 10.1. The van der Waals surface area contributed by atoms with Crippen LogP contribution in [0.15, 0.2) is 48.5 Å². The topological polar surface area (TPSA) is 49.4 Å². The van der Waals surface area contributed by atoms with Gasteiger partial charge in [-0.3, -0.25) is 9.59 Å². The van der Waals surface area contributed by atoms with Crippen molar-refractivity contribution in [2.45, 2.75) is 33.6 Å². The van der Waals surface area contributed by atoms with Gasteiger partial charge in [0.2, 0.25) is 11.8 Å². The van der Waals surface area contributed by atoms with E-state index in [1.54, 1.807) is 0 Å². The van der Waals surface area contributed by atoms with Gasteiger partial charge in [0.15, 0.2) is 0 Å². The van der Waals surface area contributed by atoms with E-state index in [9.17, 15) is 9.59 Å². The third kappa shape index (κ3) is 5.00. The van der Waals surface area contributed by atoms with Crippen molar-refractivity contribution < 1.29 is 9.59 Å². The lowest BCUT2D eigenvalue weighted by Crippen LogP contribution is -2.37. The van der Waals surface area contributed by atoms with E-state index >= 15 is 0 Å². The SMILES string of the molecule is Cc1ccc(-c2ccccc2CC2CN(C(=O)CC(C)C)CCNC2=O)cc1. The van der Waals surface area contributed by atoms with Crippen LogP contribution in [0.2, 0.25) is 0 Å². The molecule has 148 valence electrons. The summed E-state index contributed by atoms with van der Waals surface area (Å²) in [5.41, 5.74) is 4.68. The predicted octanol–water partition coefficient (Wildman–Crippen LogP) is 3.83. The quantitative estimate of drug-likeness (QED) is 0.860. The highest BCUT2D eigenvalue weighted by molar-refractivity contribution is 5.82. The van der Waals surface area contributed by atoms with Gasteiger partial charge in [-0.25, -0.2) is 0 Å². The van der Waals surface area contributed by atoms with Gasteiger partial charge >= 0.3 is 0 Å². The minimum Gasteiger partial charge on any atom is -0.354 e. The fraction of sp³-hybridized carbons (Fsp3) is 0.417. The van der Waals surface area contributed by atoms with Crippen LogP contribution >= 0.6 is 0 Å². The molecule has 2 aromatic carbocycles. The molecular weight excluding hydrogens is 348 g/mol. The van der Waals surface area contributed by atoms with Gasteiger partial charge in [0.1, 0.15) is 0 Å². The molecule has 0 aliphatic carbocycles. The Hall–Kier alpha value is -2.62. The Labute approximate surface area is 167 Å². The van der Waals surface area contributed by atoms with Gasteiger partial charge in [0.05, 0.1) is 5.92 Å². The average Bonchev–Trinajstić information content (AvgIpc) is 2.84. The number of carbonyl (C=O) groups is 2. The molecule has 1 fully saturated rings. The molecule has 1 atom stereocenters. The molecule has 0 saturated carbocycles. The molecule has 1 heterocycles. The number of carbonyl (C=O) groups excluding carboxylic acids is 2. The van der Waals surface area contributed by atoms with Crippen LogP contribution in [0, 0.1) is 18.8 Å². The van der Waals surface area contributed by atoms with Crippen molar-refractivity contribution >= 4 is 11.8 Å². The zero-order valence-electron chi connectivity index (χ0n) is 17.1. The molecule has 1 saturated heterocycles. The summed E-state index contributed by atoms with van der Waals surface area (Å²) < 4.78 is 0. The van der Waals surface area contributed by atoms with Crippen LogP contribution in [-0.2, 0) is 16.0 Å². The maximum absolute atomic E-state index is 12.7. The minimum atomic E-state index is -0.231. The molecule has 28 heavy (non-hydrogen) atoms. The van der Waals surface area contributed by atoms with Crippen molar-refractivity contribution in [1.82, 2.24) is 10.2 Å². The molecule has 0 aromatic heterocycles. The molecular formula is C24H30N2O2. The number of nitrogens with zero attached hydrogens (tertiary/aromatic N) is 1. The molecule has 2 aromatic rings. The van der Waals surface area contributed by atoms with Crippen LogP contribution in [0.5, 0.6) is 0 Å². The number of benzene rings is 2. The van der Waals surface area contributed by atoms with Crippen molar-refractivity contribution in [3.8, 4) is 11.1 Å². The first-order chi connectivity index (χ1) is 13.4. The van der Waals surface area contributed by atoms with E-state index in [0.29, 0.717) is 38.4 Å². The molecule has 1 aliphatic heterocycles. The molecule has 4 nitrogen and oxygen atoms in total. The van der Waals surface area contributed by atoms with Gasteiger partial charge < -0.3 is 10.2 Å². The molecule has 1 aliphatic rings. The van der Waals surface area contributed by atoms with Gasteiger partial charge in [0.25, 0.3) is 0 Å². The highest BCUT2D eigenvalue weighted by atomic mass is 16.2. The molecule has 1 N–H and O–H groups in total. The molecule has 1 unspecified atom stereocenters. The number of nitrogens with one attached hydrogen (secondary N) is 1. The Morgan fingerprint density at radius 3 is 2.57 bits per heavy atom. The highest BCUT2D eigenvalue weighted by Gasteiger charge is 2.28. The Morgan fingerprint density at radius 2 is 1.86 bits per heavy atom. The van der Waals surface area contributed by atoms with Crippen molar-refractivity contribution in [2.24, 2.45) is 11.8 Å². The maximum Gasteiger partial charge on any atom is 0.225 e. The highest BCUT2D eigenvalue weighted by Crippen LogP contribution is 2.27. The number of amides is 2. The summed E-state index contributed by atoms with van der Waals surface area (Å²) in [4.78, 5) is 27.1. The second-order valence-electron chi connectivity index (χ2n) is 8.15. The Balaban J connectivity index is 1.82. The van der Waals surface area contributed by atoms with Crippen LogP contribution in [0.4, 0.5) is 0 Å². The maximum atomic E-state index is 12.7. The second kappa shape index (κ2) is 9.05. The van der Waals surface area contributed by atoms with E-state index in [-0.39, 0.29) is 17.7 Å². The fourth-order valence-corrected chi connectivity index (χ4v) is 3.74. The van der Waals surface area contributed by atoms with Gasteiger partial charge in [-0.2, -0.15) is 0 Å². The Morgan fingerprint density at radius 1 is 1.14 bits per heavy atom. The molecule has 3 rings (SSSR count). The summed E-state index contributed by atoms with van der Waals surface area (Å²) in [6.45, 7) is 7.78. The van der Waals surface area contributed by atoms with E-state index in [1.807, 2.05) is 17.0 Å².